The van der Waals surface area contributed by atoms with Gasteiger partial charge in [-0.3, -0.25) is 9.59 Å². The molecule has 2 unspecified atom stereocenters. The van der Waals surface area contributed by atoms with E-state index in [0.717, 1.165) is 24.9 Å². The van der Waals surface area contributed by atoms with Crippen LogP contribution in [0.25, 0.3) is 0 Å². The Kier molecular flexibility index (Phi) is 7.02. The van der Waals surface area contributed by atoms with E-state index < -0.39 is 0 Å². The van der Waals surface area contributed by atoms with E-state index in [0.29, 0.717) is 6.42 Å². The highest BCUT2D eigenvalue weighted by Gasteiger charge is 2.26. The van der Waals surface area contributed by atoms with Crippen LogP contribution in [0.15, 0.2) is 30.3 Å². The number of carbonyl (C=O) groups is 2. The van der Waals surface area contributed by atoms with Crippen LogP contribution < -0.4 is 16.4 Å². The van der Waals surface area contributed by atoms with E-state index in [-0.39, 0.29) is 42.7 Å². The molecule has 0 aromatic heterocycles. The zero-order valence-corrected chi connectivity index (χ0v) is 12.7. The summed E-state index contributed by atoms with van der Waals surface area (Å²) >= 11 is 0. The van der Waals surface area contributed by atoms with Crippen LogP contribution in [-0.4, -0.2) is 24.4 Å². The maximum atomic E-state index is 11.9. The Morgan fingerprint density at radius 3 is 2.57 bits per heavy atom. The van der Waals surface area contributed by atoms with Gasteiger partial charge in [-0.15, -0.1) is 12.4 Å². The first kappa shape index (κ1) is 17.3. The average molecular weight is 312 g/mol. The van der Waals surface area contributed by atoms with Crippen molar-refractivity contribution in [1.82, 2.24) is 5.32 Å². The van der Waals surface area contributed by atoms with Crippen LogP contribution in [0, 0.1) is 5.92 Å². The number of anilines is 1. The molecule has 4 N–H and O–H groups in total. The Hall–Kier alpha value is -1.75. The fourth-order valence-corrected chi connectivity index (χ4v) is 2.60. The topological polar surface area (TPSA) is 84.2 Å². The highest BCUT2D eigenvalue weighted by molar-refractivity contribution is 5.85. The van der Waals surface area contributed by atoms with Gasteiger partial charge in [0, 0.05) is 17.6 Å². The van der Waals surface area contributed by atoms with Crippen molar-refractivity contribution < 1.29 is 9.59 Å². The smallest absolute Gasteiger partial charge is 0.239 e. The Morgan fingerprint density at radius 2 is 1.90 bits per heavy atom. The molecule has 1 aliphatic rings. The fraction of sp³-hybridized carbons (Fsp3) is 0.467. The number of halogens is 1. The minimum absolute atomic E-state index is 0. The highest BCUT2D eigenvalue weighted by atomic mass is 35.5. The van der Waals surface area contributed by atoms with Crippen LogP contribution >= 0.6 is 12.4 Å². The number of carbonyl (C=O) groups excluding carboxylic acids is 2. The van der Waals surface area contributed by atoms with Gasteiger partial charge in [-0.05, 0) is 31.4 Å². The predicted octanol–water partition coefficient (Wildman–Crippen LogP) is 1.68. The summed E-state index contributed by atoms with van der Waals surface area (Å²) < 4.78 is 0. The number of primary amides is 1. The van der Waals surface area contributed by atoms with E-state index in [1.165, 1.54) is 0 Å². The number of para-hydroxylation sites is 1. The third-order valence-corrected chi connectivity index (χ3v) is 3.67. The van der Waals surface area contributed by atoms with E-state index in [9.17, 15) is 9.59 Å². The number of nitrogens with two attached hydrogens (primary N) is 1. The van der Waals surface area contributed by atoms with Crippen molar-refractivity contribution in [2.24, 2.45) is 11.7 Å². The molecule has 0 heterocycles. The molecule has 1 fully saturated rings. The van der Waals surface area contributed by atoms with Gasteiger partial charge in [0.2, 0.25) is 11.8 Å². The average Bonchev–Trinajstić information content (AvgIpc) is 2.46. The molecule has 0 saturated heterocycles. The van der Waals surface area contributed by atoms with Crippen LogP contribution in [0.1, 0.15) is 25.7 Å². The van der Waals surface area contributed by atoms with E-state index >= 15 is 0 Å². The molecule has 2 amide bonds. The lowest BCUT2D eigenvalue weighted by Gasteiger charge is -2.28. The lowest BCUT2D eigenvalue weighted by molar-refractivity contribution is -0.124. The van der Waals surface area contributed by atoms with E-state index in [1.807, 2.05) is 30.3 Å². The molecule has 1 saturated carbocycles. The zero-order valence-electron chi connectivity index (χ0n) is 11.9. The van der Waals surface area contributed by atoms with Crippen molar-refractivity contribution in [3.63, 3.8) is 0 Å². The third kappa shape index (κ3) is 5.63. The summed E-state index contributed by atoms with van der Waals surface area (Å²) in [5, 5.41) is 6.03. The van der Waals surface area contributed by atoms with E-state index in [2.05, 4.69) is 10.6 Å². The van der Waals surface area contributed by atoms with Gasteiger partial charge in [-0.1, -0.05) is 24.6 Å². The van der Waals surface area contributed by atoms with Crippen LogP contribution in [0.5, 0.6) is 0 Å². The molecule has 0 spiro atoms. The second-order valence-corrected chi connectivity index (χ2v) is 5.25. The fourth-order valence-electron chi connectivity index (χ4n) is 2.60. The molecule has 6 heteroatoms. The molecule has 1 aromatic rings. The molecular formula is C15H22ClN3O2. The first-order valence-corrected chi connectivity index (χ1v) is 7.03. The molecular weight excluding hydrogens is 290 g/mol. The lowest BCUT2D eigenvalue weighted by Crippen LogP contribution is -2.43. The van der Waals surface area contributed by atoms with Crippen molar-refractivity contribution >= 4 is 29.9 Å². The first-order valence-electron chi connectivity index (χ1n) is 7.03. The molecule has 1 aliphatic carbocycles. The predicted molar refractivity (Wildman–Crippen MR) is 85.3 cm³/mol. The van der Waals surface area contributed by atoms with Gasteiger partial charge in [0.25, 0.3) is 0 Å². The Morgan fingerprint density at radius 1 is 1.19 bits per heavy atom. The Balaban J connectivity index is 0.00000220. The number of benzene rings is 1. The van der Waals surface area contributed by atoms with Gasteiger partial charge >= 0.3 is 0 Å². The summed E-state index contributed by atoms with van der Waals surface area (Å²) in [7, 11) is 0. The molecule has 0 radical (unpaired) electrons. The van der Waals surface area contributed by atoms with Crippen molar-refractivity contribution in [3.8, 4) is 0 Å². The molecule has 0 aliphatic heterocycles. The van der Waals surface area contributed by atoms with E-state index in [4.69, 9.17) is 5.73 Å². The van der Waals surface area contributed by atoms with Crippen LogP contribution in [-0.2, 0) is 9.59 Å². The Labute approximate surface area is 131 Å². The molecule has 2 rings (SSSR count). The highest BCUT2D eigenvalue weighted by Crippen LogP contribution is 2.23. The quantitative estimate of drug-likeness (QED) is 0.773. The number of hydrogen-bond donors (Lipinski definition) is 3. The maximum absolute atomic E-state index is 11.9. The van der Waals surface area contributed by atoms with Crippen molar-refractivity contribution in [1.29, 1.82) is 0 Å². The van der Waals surface area contributed by atoms with Gasteiger partial charge in [-0.25, -0.2) is 0 Å². The summed E-state index contributed by atoms with van der Waals surface area (Å²) in [6.45, 7) is 0.238. The minimum Gasteiger partial charge on any atom is -0.376 e. The number of nitrogens with one attached hydrogen (secondary N) is 2. The van der Waals surface area contributed by atoms with Gasteiger partial charge in [0.1, 0.15) is 0 Å². The normalized spacial score (nSPS) is 21.0. The summed E-state index contributed by atoms with van der Waals surface area (Å²) in [4.78, 5) is 23.1. The molecule has 2 atom stereocenters. The van der Waals surface area contributed by atoms with Crippen LogP contribution in [0.2, 0.25) is 0 Å². The largest absolute Gasteiger partial charge is 0.376 e. The van der Waals surface area contributed by atoms with Crippen molar-refractivity contribution in [2.45, 2.75) is 31.7 Å². The second kappa shape index (κ2) is 8.52. The maximum Gasteiger partial charge on any atom is 0.239 e. The molecule has 5 nitrogen and oxygen atoms in total. The third-order valence-electron chi connectivity index (χ3n) is 3.67. The summed E-state index contributed by atoms with van der Waals surface area (Å²) in [6.07, 6.45) is 3.35. The van der Waals surface area contributed by atoms with Crippen molar-refractivity contribution in [2.75, 3.05) is 11.9 Å². The van der Waals surface area contributed by atoms with Gasteiger partial charge < -0.3 is 16.4 Å². The van der Waals surface area contributed by atoms with Gasteiger partial charge in [-0.2, -0.15) is 0 Å². The van der Waals surface area contributed by atoms with E-state index in [1.54, 1.807) is 0 Å². The molecule has 21 heavy (non-hydrogen) atoms. The minimum atomic E-state index is -0.258. The number of amides is 2. The summed E-state index contributed by atoms with van der Waals surface area (Å²) in [5.41, 5.74) is 6.25. The lowest BCUT2D eigenvalue weighted by atomic mass is 9.85. The molecule has 1 aromatic carbocycles. The van der Waals surface area contributed by atoms with Crippen molar-refractivity contribution in [3.05, 3.63) is 30.3 Å². The van der Waals surface area contributed by atoms with Crippen LogP contribution in [0.3, 0.4) is 0 Å². The molecule has 116 valence electrons. The Bertz CT molecular complexity index is 467. The zero-order chi connectivity index (χ0) is 14.4. The SMILES string of the molecule is Cl.NC(=O)C1CCCC(NC(=O)CNc2ccccc2)C1. The summed E-state index contributed by atoms with van der Waals surface area (Å²) in [6, 6.07) is 9.65. The van der Waals surface area contributed by atoms with Gasteiger partial charge in [0.05, 0.1) is 6.54 Å². The first-order chi connectivity index (χ1) is 9.65. The number of hydrogen-bond acceptors (Lipinski definition) is 3. The monoisotopic (exact) mass is 311 g/mol. The standard InChI is InChI=1S/C15H21N3O2.ClH/c16-15(20)11-5-4-8-13(9-11)18-14(19)10-17-12-6-2-1-3-7-12;/h1-3,6-7,11,13,17H,4-5,8-10H2,(H2,16,20)(H,18,19);1H. The van der Waals surface area contributed by atoms with Gasteiger partial charge in [0.15, 0.2) is 0 Å². The summed E-state index contributed by atoms with van der Waals surface area (Å²) in [5.74, 6) is -0.411. The second-order valence-electron chi connectivity index (χ2n) is 5.25. The molecule has 0 bridgehead atoms. The number of rotatable bonds is 5. The van der Waals surface area contributed by atoms with Crippen LogP contribution in [0.4, 0.5) is 5.69 Å².